The number of rotatable bonds is 3. The number of amides is 1. The Morgan fingerprint density at radius 3 is 2.30 bits per heavy atom. The van der Waals surface area contributed by atoms with Gasteiger partial charge in [-0.05, 0) is 18.4 Å². The Bertz CT molecular complexity index is 470. The number of likely N-dealkylation sites (tertiary alicyclic amines) is 1. The van der Waals surface area contributed by atoms with Crippen LogP contribution < -0.4 is 0 Å². The number of nitriles is 1. The van der Waals surface area contributed by atoms with Crippen LogP contribution in [0.5, 0.6) is 0 Å². The average Bonchev–Trinajstić information content (AvgIpc) is 2.77. The fourth-order valence-corrected chi connectivity index (χ4v) is 2.82. The largest absolute Gasteiger partial charge is 0.342 e. The van der Waals surface area contributed by atoms with Crippen LogP contribution in [0.1, 0.15) is 44.1 Å². The van der Waals surface area contributed by atoms with E-state index in [0.29, 0.717) is 0 Å². The molecule has 1 aromatic rings. The van der Waals surface area contributed by atoms with E-state index in [-0.39, 0.29) is 11.8 Å². The molecule has 0 radical (unpaired) electrons. The summed E-state index contributed by atoms with van der Waals surface area (Å²) in [5.74, 6) is -0.627. The van der Waals surface area contributed by atoms with E-state index in [1.165, 1.54) is 12.8 Å². The van der Waals surface area contributed by atoms with Gasteiger partial charge in [-0.25, -0.2) is 0 Å². The van der Waals surface area contributed by atoms with E-state index < -0.39 is 5.92 Å². The van der Waals surface area contributed by atoms with Crippen LogP contribution >= 0.6 is 0 Å². The Balaban J connectivity index is 2.11. The maximum atomic E-state index is 12.6. The lowest BCUT2D eigenvalue weighted by atomic mass is 9.87. The van der Waals surface area contributed by atoms with Crippen LogP contribution in [0, 0.1) is 17.2 Å². The highest BCUT2D eigenvalue weighted by molar-refractivity contribution is 5.82. The van der Waals surface area contributed by atoms with Crippen LogP contribution in [-0.4, -0.2) is 23.9 Å². The van der Waals surface area contributed by atoms with E-state index in [0.717, 1.165) is 31.5 Å². The van der Waals surface area contributed by atoms with Gasteiger partial charge in [0.1, 0.15) is 5.92 Å². The topological polar surface area (TPSA) is 44.1 Å². The summed E-state index contributed by atoms with van der Waals surface area (Å²) < 4.78 is 0. The highest BCUT2D eigenvalue weighted by atomic mass is 16.2. The summed E-state index contributed by atoms with van der Waals surface area (Å²) in [5.41, 5.74) is 1.06. The van der Waals surface area contributed by atoms with Gasteiger partial charge in [-0.2, -0.15) is 5.26 Å². The van der Waals surface area contributed by atoms with Crippen molar-refractivity contribution in [3.63, 3.8) is 0 Å². The van der Waals surface area contributed by atoms with E-state index in [4.69, 9.17) is 0 Å². The molecule has 1 aliphatic rings. The van der Waals surface area contributed by atoms with Crippen molar-refractivity contribution < 1.29 is 4.79 Å². The lowest BCUT2D eigenvalue weighted by molar-refractivity contribution is -0.134. The molecule has 1 heterocycles. The summed E-state index contributed by atoms with van der Waals surface area (Å²) in [5, 5.41) is 9.43. The first-order valence-corrected chi connectivity index (χ1v) is 7.47. The molecule has 0 saturated carbocycles. The molecular weight excluding hydrogens is 248 g/mol. The van der Waals surface area contributed by atoms with E-state index >= 15 is 0 Å². The normalized spacial score (nSPS) is 18.7. The van der Waals surface area contributed by atoms with Crippen LogP contribution in [-0.2, 0) is 4.79 Å². The van der Waals surface area contributed by atoms with Crippen LogP contribution in [0.2, 0.25) is 0 Å². The second kappa shape index (κ2) is 7.09. The number of carbonyl (C=O) groups excluding carboxylic acids is 1. The number of benzene rings is 1. The summed E-state index contributed by atoms with van der Waals surface area (Å²) in [4.78, 5) is 14.5. The first-order valence-electron chi connectivity index (χ1n) is 7.47. The van der Waals surface area contributed by atoms with Gasteiger partial charge in [0.2, 0.25) is 5.91 Å². The van der Waals surface area contributed by atoms with Crippen molar-refractivity contribution in [3.8, 4) is 6.07 Å². The lowest BCUT2D eigenvalue weighted by Gasteiger charge is -2.26. The molecule has 0 N–H and O–H groups in total. The smallest absolute Gasteiger partial charge is 0.240 e. The van der Waals surface area contributed by atoms with Crippen LogP contribution in [0.25, 0.3) is 0 Å². The van der Waals surface area contributed by atoms with Crippen molar-refractivity contribution in [1.29, 1.82) is 5.26 Å². The number of nitrogens with zero attached hydrogens (tertiary/aromatic N) is 2. The summed E-state index contributed by atoms with van der Waals surface area (Å²) in [6.07, 6.45) is 4.50. The highest BCUT2D eigenvalue weighted by Gasteiger charge is 2.30. The molecule has 0 spiro atoms. The molecule has 0 bridgehead atoms. The SMILES string of the molecule is CC(c1ccccc1)C(C#N)C(=O)N1CCCCCC1. The molecule has 0 aliphatic carbocycles. The summed E-state index contributed by atoms with van der Waals surface area (Å²) in [7, 11) is 0. The molecule has 2 unspecified atom stereocenters. The molecule has 1 amide bonds. The summed E-state index contributed by atoms with van der Waals surface area (Å²) in [6, 6.07) is 12.1. The highest BCUT2D eigenvalue weighted by Crippen LogP contribution is 2.26. The first-order chi connectivity index (χ1) is 9.74. The molecular formula is C17H22N2O. The standard InChI is InChI=1S/C17H22N2O/c1-14(15-9-5-4-6-10-15)16(13-18)17(20)19-11-7-2-3-8-12-19/h4-6,9-10,14,16H,2-3,7-8,11-12H2,1H3. The van der Waals surface area contributed by atoms with Crippen LogP contribution in [0.15, 0.2) is 30.3 Å². The Kier molecular flexibility index (Phi) is 5.17. The lowest BCUT2D eigenvalue weighted by Crippen LogP contribution is -2.38. The van der Waals surface area contributed by atoms with E-state index in [2.05, 4.69) is 6.07 Å². The third-order valence-electron chi connectivity index (χ3n) is 4.15. The monoisotopic (exact) mass is 270 g/mol. The predicted octanol–water partition coefficient (Wildman–Crippen LogP) is 3.33. The third-order valence-corrected chi connectivity index (χ3v) is 4.15. The molecule has 1 fully saturated rings. The molecule has 3 nitrogen and oxygen atoms in total. The molecule has 20 heavy (non-hydrogen) atoms. The summed E-state index contributed by atoms with van der Waals surface area (Å²) >= 11 is 0. The van der Waals surface area contributed by atoms with E-state index in [9.17, 15) is 10.1 Å². The van der Waals surface area contributed by atoms with Crippen molar-refractivity contribution in [2.24, 2.45) is 5.92 Å². The minimum atomic E-state index is -0.574. The van der Waals surface area contributed by atoms with Gasteiger partial charge in [-0.1, -0.05) is 50.1 Å². The Morgan fingerprint density at radius 2 is 1.75 bits per heavy atom. The second-order valence-electron chi connectivity index (χ2n) is 5.55. The van der Waals surface area contributed by atoms with Gasteiger partial charge in [0, 0.05) is 19.0 Å². The third kappa shape index (κ3) is 3.39. The fraction of sp³-hybridized carbons (Fsp3) is 0.529. The predicted molar refractivity (Wildman–Crippen MR) is 79.0 cm³/mol. The number of hydrogen-bond donors (Lipinski definition) is 0. The van der Waals surface area contributed by atoms with Crippen molar-refractivity contribution >= 4 is 5.91 Å². The Hall–Kier alpha value is -1.82. The first kappa shape index (κ1) is 14.6. The molecule has 1 saturated heterocycles. The van der Waals surface area contributed by atoms with Crippen LogP contribution in [0.4, 0.5) is 0 Å². The fourth-order valence-electron chi connectivity index (χ4n) is 2.82. The zero-order valence-electron chi connectivity index (χ0n) is 12.1. The second-order valence-corrected chi connectivity index (χ2v) is 5.55. The van der Waals surface area contributed by atoms with Gasteiger partial charge in [-0.15, -0.1) is 0 Å². The van der Waals surface area contributed by atoms with Gasteiger partial charge in [0.25, 0.3) is 0 Å². The molecule has 0 aromatic heterocycles. The minimum absolute atomic E-state index is 0.00533. The maximum Gasteiger partial charge on any atom is 0.240 e. The molecule has 3 heteroatoms. The van der Waals surface area contributed by atoms with E-state index in [1.54, 1.807) is 0 Å². The van der Waals surface area contributed by atoms with Crippen molar-refractivity contribution in [2.45, 2.75) is 38.5 Å². The van der Waals surface area contributed by atoms with Crippen molar-refractivity contribution in [1.82, 2.24) is 4.90 Å². The van der Waals surface area contributed by atoms with Gasteiger partial charge < -0.3 is 4.90 Å². The summed E-state index contributed by atoms with van der Waals surface area (Å²) in [6.45, 7) is 3.58. The zero-order chi connectivity index (χ0) is 14.4. The van der Waals surface area contributed by atoms with Gasteiger partial charge >= 0.3 is 0 Å². The number of hydrogen-bond acceptors (Lipinski definition) is 2. The number of carbonyl (C=O) groups is 1. The zero-order valence-corrected chi connectivity index (χ0v) is 12.1. The van der Waals surface area contributed by atoms with Crippen molar-refractivity contribution in [2.75, 3.05) is 13.1 Å². The Morgan fingerprint density at radius 1 is 1.15 bits per heavy atom. The van der Waals surface area contributed by atoms with Gasteiger partial charge in [0.05, 0.1) is 6.07 Å². The molecule has 2 rings (SSSR count). The molecule has 2 atom stereocenters. The van der Waals surface area contributed by atoms with Gasteiger partial charge in [0.15, 0.2) is 0 Å². The van der Waals surface area contributed by atoms with Crippen molar-refractivity contribution in [3.05, 3.63) is 35.9 Å². The van der Waals surface area contributed by atoms with Crippen LogP contribution in [0.3, 0.4) is 0 Å². The quantitative estimate of drug-likeness (QED) is 0.845. The molecule has 1 aromatic carbocycles. The average molecular weight is 270 g/mol. The van der Waals surface area contributed by atoms with E-state index in [1.807, 2.05) is 42.2 Å². The Labute approximate surface area is 121 Å². The maximum absolute atomic E-state index is 12.6. The molecule has 106 valence electrons. The minimum Gasteiger partial charge on any atom is -0.342 e. The molecule has 1 aliphatic heterocycles. The van der Waals surface area contributed by atoms with Gasteiger partial charge in [-0.3, -0.25) is 4.79 Å².